The van der Waals surface area contributed by atoms with Crippen molar-refractivity contribution in [3.05, 3.63) is 0 Å². The van der Waals surface area contributed by atoms with Crippen molar-refractivity contribution in [1.82, 2.24) is 0 Å². The molecule has 0 fully saturated rings. The molecule has 0 rings (SSSR count). The summed E-state index contributed by atoms with van der Waals surface area (Å²) in [7, 11) is 0. The van der Waals surface area contributed by atoms with Crippen molar-refractivity contribution >= 4 is 54.5 Å². The molecule has 0 atom stereocenters. The van der Waals surface area contributed by atoms with Crippen LogP contribution in [0.5, 0.6) is 0 Å². The second-order valence-electron chi connectivity index (χ2n) is 0. The van der Waals surface area contributed by atoms with E-state index in [4.69, 9.17) is 0 Å². The normalized spacial score (nSPS) is 0. The van der Waals surface area contributed by atoms with Gasteiger partial charge in [-0.05, 0) is 0 Å². The summed E-state index contributed by atoms with van der Waals surface area (Å²) in [5, 5.41) is 0. The van der Waals surface area contributed by atoms with Crippen molar-refractivity contribution in [2.75, 3.05) is 0 Å². The smallest absolute Gasteiger partial charge is 2.00 e. The topological polar surface area (TPSA) is 85.5 Å². The Morgan fingerprint density at radius 2 is 0.455 bits per heavy atom. The second-order valence-corrected chi connectivity index (χ2v) is 0. The van der Waals surface area contributed by atoms with Gasteiger partial charge < -0.3 is 16.4 Å². The van der Waals surface area contributed by atoms with Crippen LogP contribution >= 0.6 is 19.8 Å². The van der Waals surface area contributed by atoms with Gasteiger partial charge in [-0.2, -0.15) is 0 Å². The van der Waals surface area contributed by atoms with E-state index in [0.29, 0.717) is 0 Å². The van der Waals surface area contributed by atoms with Crippen LogP contribution in [-0.4, -0.2) is 34.7 Å². The third kappa shape index (κ3) is 118. The molecule has 6 radical (unpaired) electrons. The Hall–Kier alpha value is 4.27. The summed E-state index contributed by atoms with van der Waals surface area (Å²) in [5.74, 6) is 0. The van der Waals surface area contributed by atoms with E-state index in [0.717, 1.165) is 0 Å². The predicted octanol–water partition coefficient (Wildman–Crippen LogP) is 0.594. The summed E-state index contributed by atoms with van der Waals surface area (Å²) in [5.41, 5.74) is 0. The summed E-state index contributed by atoms with van der Waals surface area (Å²) in [4.78, 5) is 0. The summed E-state index contributed by atoms with van der Waals surface area (Å²) < 4.78 is 0. The van der Waals surface area contributed by atoms with Crippen LogP contribution in [0.4, 0.5) is 0 Å². The first-order chi connectivity index (χ1) is 0. The minimum atomic E-state index is 0. The molecule has 58 valence electrons. The fourth-order valence-electron chi connectivity index (χ4n) is 0. The molecule has 0 N–H and O–H groups in total. The van der Waals surface area contributed by atoms with Gasteiger partial charge in [0.25, 0.3) is 0 Å². The summed E-state index contributed by atoms with van der Waals surface area (Å²) in [6.45, 7) is 0. The first-order valence-electron chi connectivity index (χ1n) is 0. The average Bonchev–Trinajstić information content (AvgIpc) is 0. The maximum absolute atomic E-state index is 0. The fraction of sp³-hybridized carbons (Fsp3) is 0. The van der Waals surface area contributed by atoms with Crippen LogP contribution < -0.4 is 0 Å². The van der Waals surface area contributed by atoms with Crippen LogP contribution in [-0.2, 0) is 94.0 Å². The molecule has 0 bridgehead atoms. The standard InChI is InChI=1S/2Al.2Fe.3O.2P.2Ti/q2*+3;;;3*-2;;;;. The van der Waals surface area contributed by atoms with Crippen molar-refractivity contribution in [2.45, 2.75) is 0 Å². The molecule has 0 aliphatic heterocycles. The van der Waals surface area contributed by atoms with Crippen LogP contribution in [0.25, 0.3) is 0 Å². The SMILES string of the molecule is [Al+3].[Al+3].[Fe].[Fe].[O-2].[O-2].[O-2].[P].[P].[Ti].[Ti]. The molecule has 11 heavy (non-hydrogen) atoms. The van der Waals surface area contributed by atoms with E-state index in [9.17, 15) is 0 Å². The first kappa shape index (κ1) is 170. The zero-order valence-electron chi connectivity index (χ0n) is 4.98. The number of hydrogen-bond acceptors (Lipinski definition) is 0. The van der Waals surface area contributed by atoms with Crippen LogP contribution in [0.1, 0.15) is 0 Å². The van der Waals surface area contributed by atoms with Crippen LogP contribution in [0, 0.1) is 0 Å². The quantitative estimate of drug-likeness (QED) is 0.441. The fourth-order valence-corrected chi connectivity index (χ4v) is 0. The van der Waals surface area contributed by atoms with Gasteiger partial charge in [-0.3, -0.25) is 0 Å². The number of hydrogen-bond donors (Lipinski definition) is 0. The van der Waals surface area contributed by atoms with Crippen LogP contribution in [0.2, 0.25) is 0 Å². The molecule has 0 spiro atoms. The Morgan fingerprint density at radius 1 is 0.455 bits per heavy atom. The summed E-state index contributed by atoms with van der Waals surface area (Å²) in [6, 6.07) is 0. The zero-order valence-corrected chi connectivity index (χ0v) is 14.4. The molecule has 0 aliphatic carbocycles. The predicted molar refractivity (Wildman–Crippen MR) is 27.4 cm³/mol. The molecular formula is Al2Fe2O3P2Ti2. The Bertz CT molecular complexity index is 25.3. The van der Waals surface area contributed by atoms with Gasteiger partial charge in [0.15, 0.2) is 0 Å². The third-order valence-electron chi connectivity index (χ3n) is 0. The Morgan fingerprint density at radius 3 is 0.455 bits per heavy atom. The van der Waals surface area contributed by atoms with E-state index in [1.807, 2.05) is 0 Å². The van der Waals surface area contributed by atoms with Gasteiger partial charge in [-0.25, -0.2) is 0 Å². The van der Waals surface area contributed by atoms with E-state index < -0.39 is 0 Å². The Labute approximate surface area is 146 Å². The molecule has 0 heterocycles. The molecule has 0 aromatic rings. The van der Waals surface area contributed by atoms with E-state index >= 15 is 0 Å². The Balaban J connectivity index is 0. The van der Waals surface area contributed by atoms with Gasteiger partial charge in [-0.1, -0.05) is 0 Å². The van der Waals surface area contributed by atoms with Crippen LogP contribution in [0.15, 0.2) is 0 Å². The number of rotatable bonds is 0. The molecule has 0 saturated heterocycles. The van der Waals surface area contributed by atoms with Crippen molar-refractivity contribution in [3.8, 4) is 0 Å². The van der Waals surface area contributed by atoms with Crippen molar-refractivity contribution < 1.29 is 94.0 Å². The van der Waals surface area contributed by atoms with E-state index in [1.165, 1.54) is 0 Å². The van der Waals surface area contributed by atoms with Crippen molar-refractivity contribution in [2.24, 2.45) is 0 Å². The summed E-state index contributed by atoms with van der Waals surface area (Å²) in [6.07, 6.45) is 0. The van der Waals surface area contributed by atoms with Gasteiger partial charge >= 0.3 is 34.7 Å². The molecule has 0 unspecified atom stereocenters. The monoisotopic (exact) mass is 372 g/mol. The van der Waals surface area contributed by atoms with Gasteiger partial charge in [0.2, 0.25) is 0 Å². The minimum absolute atomic E-state index is 0. The Kier molecular flexibility index (Phi) is 2130. The van der Waals surface area contributed by atoms with Gasteiger partial charge in [0, 0.05) is 97.4 Å². The molecule has 0 aromatic carbocycles. The molecule has 11 heteroatoms. The zero-order chi connectivity index (χ0) is 0. The second kappa shape index (κ2) is 138. The summed E-state index contributed by atoms with van der Waals surface area (Å²) >= 11 is 0. The van der Waals surface area contributed by atoms with Gasteiger partial charge in [0.05, 0.1) is 0 Å². The molecule has 0 amide bonds. The van der Waals surface area contributed by atoms with Crippen molar-refractivity contribution in [1.29, 1.82) is 0 Å². The molecule has 0 aromatic heterocycles. The molecule has 0 aliphatic rings. The van der Waals surface area contributed by atoms with Gasteiger partial charge in [0.1, 0.15) is 0 Å². The van der Waals surface area contributed by atoms with Crippen LogP contribution in [0.3, 0.4) is 0 Å². The molecule has 0 saturated carbocycles. The largest absolute Gasteiger partial charge is 3.00 e. The van der Waals surface area contributed by atoms with E-state index in [1.54, 1.807) is 0 Å². The van der Waals surface area contributed by atoms with E-state index in [-0.39, 0.29) is 149 Å². The van der Waals surface area contributed by atoms with Crippen molar-refractivity contribution in [3.63, 3.8) is 0 Å². The maximum atomic E-state index is 0. The molecule has 3 nitrogen and oxygen atoms in total. The molecular weight excluding hydrogens is 371 g/mol. The third-order valence-corrected chi connectivity index (χ3v) is 0. The first-order valence-corrected chi connectivity index (χ1v) is 0. The minimum Gasteiger partial charge on any atom is -2.00 e. The van der Waals surface area contributed by atoms with E-state index in [2.05, 4.69) is 0 Å². The van der Waals surface area contributed by atoms with Gasteiger partial charge in [-0.15, -0.1) is 0 Å². The average molecular weight is 371 g/mol. The maximum Gasteiger partial charge on any atom is 3.00 e.